The summed E-state index contributed by atoms with van der Waals surface area (Å²) in [4.78, 5) is 25.3. The Morgan fingerprint density at radius 3 is 2.04 bits per heavy atom. The van der Waals surface area contributed by atoms with E-state index in [4.69, 9.17) is 9.16 Å². The van der Waals surface area contributed by atoms with Crippen LogP contribution in [0, 0.1) is 0 Å². The van der Waals surface area contributed by atoms with Crippen molar-refractivity contribution in [2.45, 2.75) is 83.8 Å². The number of likely N-dealkylation sites (tertiary alicyclic amines) is 1. The van der Waals surface area contributed by atoms with Gasteiger partial charge in [-0.15, -0.1) is 0 Å². The normalized spacial score (nSPS) is 23.0. The summed E-state index contributed by atoms with van der Waals surface area (Å²) in [6, 6.07) is -0.987. The zero-order valence-electron chi connectivity index (χ0n) is 15.6. The number of carbonyl (C=O) groups is 2. The van der Waals surface area contributed by atoms with Crippen LogP contribution in [0.15, 0.2) is 0 Å². The maximum Gasteiger partial charge on any atom is 0.411 e. The third kappa shape index (κ3) is 4.94. The molecule has 1 N–H and O–H groups in total. The zero-order chi connectivity index (χ0) is 18.2. The largest absolute Gasteiger partial charge is 0.480 e. The minimum absolute atomic E-state index is 0.0185. The van der Waals surface area contributed by atoms with Gasteiger partial charge in [0.1, 0.15) is 5.60 Å². The van der Waals surface area contributed by atoms with Crippen molar-refractivity contribution in [2.75, 3.05) is 6.54 Å². The van der Waals surface area contributed by atoms with Crippen molar-refractivity contribution in [3.8, 4) is 0 Å². The number of nitrogens with zero attached hydrogens (tertiary/aromatic N) is 1. The Morgan fingerprint density at radius 1 is 1.13 bits per heavy atom. The van der Waals surface area contributed by atoms with E-state index in [1.807, 2.05) is 0 Å². The minimum atomic E-state index is -2.11. The highest BCUT2D eigenvalue weighted by Gasteiger charge is 2.48. The van der Waals surface area contributed by atoms with Crippen LogP contribution >= 0.6 is 0 Å². The van der Waals surface area contributed by atoms with Crippen molar-refractivity contribution < 1.29 is 23.9 Å². The lowest BCUT2D eigenvalue weighted by Gasteiger charge is -2.39. The van der Waals surface area contributed by atoms with Crippen molar-refractivity contribution in [3.63, 3.8) is 0 Å². The summed E-state index contributed by atoms with van der Waals surface area (Å²) in [5.74, 6) is -1.04. The number of rotatable bonds is 3. The predicted octanol–water partition coefficient (Wildman–Crippen LogP) is 3.47. The zero-order valence-corrected chi connectivity index (χ0v) is 16.6. The smallest absolute Gasteiger partial charge is 0.411 e. The molecule has 0 aromatic heterocycles. The maximum absolute atomic E-state index is 12.3. The first kappa shape index (κ1) is 20.0. The molecule has 0 radical (unpaired) electrons. The van der Waals surface area contributed by atoms with Crippen LogP contribution in [0.3, 0.4) is 0 Å². The van der Waals surface area contributed by atoms with Crippen molar-refractivity contribution >= 4 is 20.4 Å². The first-order valence-electron chi connectivity index (χ1n) is 8.06. The van der Waals surface area contributed by atoms with Gasteiger partial charge in [0.25, 0.3) is 0 Å². The van der Waals surface area contributed by atoms with Crippen LogP contribution in [-0.4, -0.2) is 54.7 Å². The molecular weight excluding hydrogens is 314 g/mol. The molecule has 1 aliphatic heterocycles. The van der Waals surface area contributed by atoms with Crippen molar-refractivity contribution in [1.29, 1.82) is 0 Å². The third-order valence-corrected chi connectivity index (χ3v) is 8.98. The van der Waals surface area contributed by atoms with Crippen LogP contribution in [0.2, 0.25) is 18.1 Å². The van der Waals surface area contributed by atoms with Gasteiger partial charge in [0, 0.05) is 6.54 Å². The monoisotopic (exact) mass is 345 g/mol. The fourth-order valence-electron chi connectivity index (χ4n) is 2.26. The first-order valence-corrected chi connectivity index (χ1v) is 11.0. The Bertz CT molecular complexity index is 464. The van der Waals surface area contributed by atoms with Gasteiger partial charge in [0.15, 0.2) is 14.4 Å². The molecule has 0 spiro atoms. The third-order valence-electron chi connectivity index (χ3n) is 4.48. The molecule has 1 aliphatic rings. The van der Waals surface area contributed by atoms with E-state index in [1.165, 1.54) is 4.90 Å². The molecule has 134 valence electrons. The lowest BCUT2D eigenvalue weighted by Crippen LogP contribution is -2.52. The van der Waals surface area contributed by atoms with Gasteiger partial charge in [-0.05, 0) is 45.3 Å². The van der Waals surface area contributed by atoms with E-state index >= 15 is 0 Å². The van der Waals surface area contributed by atoms with Crippen LogP contribution in [0.4, 0.5) is 4.79 Å². The van der Waals surface area contributed by atoms with E-state index in [0.29, 0.717) is 13.0 Å². The molecule has 0 aromatic rings. The van der Waals surface area contributed by atoms with Crippen molar-refractivity contribution in [3.05, 3.63) is 0 Å². The topological polar surface area (TPSA) is 76.1 Å². The minimum Gasteiger partial charge on any atom is -0.480 e. The van der Waals surface area contributed by atoms with Gasteiger partial charge in [-0.3, -0.25) is 4.90 Å². The second-order valence-electron chi connectivity index (χ2n) is 8.66. The SMILES string of the molecule is CC(C)(C)OC(=O)N1CCC(O[Si](C)(C)C(C)(C)C)[C@H]1C(=O)O. The van der Waals surface area contributed by atoms with E-state index in [-0.39, 0.29) is 5.04 Å². The van der Waals surface area contributed by atoms with Crippen LogP contribution in [0.25, 0.3) is 0 Å². The summed E-state index contributed by atoms with van der Waals surface area (Å²) in [5, 5.41) is 9.57. The van der Waals surface area contributed by atoms with Crippen LogP contribution in [-0.2, 0) is 14.0 Å². The molecule has 1 fully saturated rings. The highest BCUT2D eigenvalue weighted by Crippen LogP contribution is 2.39. The molecule has 1 rings (SSSR count). The molecule has 0 aliphatic carbocycles. The van der Waals surface area contributed by atoms with Gasteiger partial charge in [-0.2, -0.15) is 0 Å². The Morgan fingerprint density at radius 2 is 1.65 bits per heavy atom. The van der Waals surface area contributed by atoms with E-state index in [1.54, 1.807) is 20.8 Å². The van der Waals surface area contributed by atoms with Gasteiger partial charge in [-0.25, -0.2) is 9.59 Å². The fourth-order valence-corrected chi connectivity index (χ4v) is 3.62. The lowest BCUT2D eigenvalue weighted by atomic mass is 10.2. The molecule has 0 aromatic carbocycles. The van der Waals surface area contributed by atoms with Gasteiger partial charge in [0.05, 0.1) is 6.10 Å². The predicted molar refractivity (Wildman–Crippen MR) is 91.1 cm³/mol. The van der Waals surface area contributed by atoms with Gasteiger partial charge >= 0.3 is 12.1 Å². The average Bonchev–Trinajstić information content (AvgIpc) is 2.67. The highest BCUT2D eigenvalue weighted by atomic mass is 28.4. The number of carbonyl (C=O) groups excluding carboxylic acids is 1. The Kier molecular flexibility index (Phi) is 5.58. The summed E-state index contributed by atoms with van der Waals surface area (Å²) >= 11 is 0. The molecule has 6 nitrogen and oxygen atoms in total. The molecule has 1 unspecified atom stereocenters. The van der Waals surface area contributed by atoms with E-state index in [9.17, 15) is 14.7 Å². The van der Waals surface area contributed by atoms with E-state index < -0.39 is 38.1 Å². The number of ether oxygens (including phenoxy) is 1. The molecule has 1 saturated heterocycles. The molecule has 1 heterocycles. The molecular formula is C16H31NO5Si. The molecule has 2 atom stereocenters. The molecule has 0 bridgehead atoms. The summed E-state index contributed by atoms with van der Waals surface area (Å²) in [7, 11) is -2.11. The molecule has 7 heteroatoms. The van der Waals surface area contributed by atoms with Gasteiger partial charge in [-0.1, -0.05) is 20.8 Å². The average molecular weight is 346 g/mol. The standard InChI is InChI=1S/C16H31NO5Si/c1-15(2,3)21-14(20)17-10-9-11(12(17)13(18)19)22-23(7,8)16(4,5)6/h11-12H,9-10H2,1-8H3,(H,18,19)/t11?,12-/m0/s1. The Hall–Kier alpha value is -1.08. The van der Waals surface area contributed by atoms with E-state index in [2.05, 4.69) is 33.9 Å². The Labute approximate surface area is 140 Å². The molecule has 1 amide bonds. The second kappa shape index (κ2) is 6.43. The fraction of sp³-hybridized carbons (Fsp3) is 0.875. The molecule has 23 heavy (non-hydrogen) atoms. The van der Waals surface area contributed by atoms with Gasteiger partial charge in [0.2, 0.25) is 0 Å². The number of amides is 1. The number of carboxylic acids is 1. The van der Waals surface area contributed by atoms with Crippen LogP contribution < -0.4 is 0 Å². The highest BCUT2D eigenvalue weighted by molar-refractivity contribution is 6.74. The van der Waals surface area contributed by atoms with Crippen LogP contribution in [0.5, 0.6) is 0 Å². The number of hydrogen-bond acceptors (Lipinski definition) is 4. The number of aliphatic carboxylic acids is 1. The Balaban J connectivity index is 2.93. The lowest BCUT2D eigenvalue weighted by molar-refractivity contribution is -0.144. The van der Waals surface area contributed by atoms with Crippen LogP contribution in [0.1, 0.15) is 48.0 Å². The van der Waals surface area contributed by atoms with Crippen molar-refractivity contribution in [2.24, 2.45) is 0 Å². The van der Waals surface area contributed by atoms with Crippen molar-refractivity contribution in [1.82, 2.24) is 4.90 Å². The number of carboxylic acid groups (broad SMARTS) is 1. The summed E-state index contributed by atoms with van der Waals surface area (Å²) in [6.07, 6.45) is -0.560. The summed E-state index contributed by atoms with van der Waals surface area (Å²) in [6.45, 7) is 16.1. The maximum atomic E-state index is 12.3. The quantitative estimate of drug-likeness (QED) is 0.793. The van der Waals surface area contributed by atoms with E-state index in [0.717, 1.165) is 0 Å². The first-order chi connectivity index (χ1) is 10.2. The second-order valence-corrected chi connectivity index (χ2v) is 13.4. The summed E-state index contributed by atoms with van der Waals surface area (Å²) < 4.78 is 11.6. The summed E-state index contributed by atoms with van der Waals surface area (Å²) in [5.41, 5.74) is -0.654. The number of hydrogen-bond donors (Lipinski definition) is 1. The molecule has 0 saturated carbocycles. The van der Waals surface area contributed by atoms with Gasteiger partial charge < -0.3 is 14.3 Å².